The van der Waals surface area contributed by atoms with Crippen molar-refractivity contribution in [2.45, 2.75) is 24.3 Å². The molecular weight excluding hydrogens is 350 g/mol. The predicted molar refractivity (Wildman–Crippen MR) is 78.7 cm³/mol. The Labute approximate surface area is 127 Å². The lowest BCUT2D eigenvalue weighted by molar-refractivity contribution is -0.385. The van der Waals surface area contributed by atoms with Gasteiger partial charge in [0.1, 0.15) is 0 Å². The summed E-state index contributed by atoms with van der Waals surface area (Å²) in [7, 11) is -0.131. The summed E-state index contributed by atoms with van der Waals surface area (Å²) >= 11 is 3.16. The second kappa shape index (κ2) is 7.49. The fraction of sp³-hybridized carbons (Fsp3) is 0.417. The van der Waals surface area contributed by atoms with E-state index in [1.165, 1.54) is 13.2 Å². The first-order chi connectivity index (χ1) is 9.35. The molecule has 0 saturated heterocycles. The van der Waals surface area contributed by atoms with Gasteiger partial charge in [-0.05, 0) is 6.07 Å². The lowest BCUT2D eigenvalue weighted by atomic mass is 10.2. The molecule has 110 valence electrons. The number of benzene rings is 1. The van der Waals surface area contributed by atoms with Crippen LogP contribution < -0.4 is 0 Å². The number of halogens is 1. The van der Waals surface area contributed by atoms with Gasteiger partial charge in [0.15, 0.2) is 0 Å². The number of methoxy groups -OCH3 is 1. The Kier molecular flexibility index (Phi) is 6.28. The van der Waals surface area contributed by atoms with Crippen molar-refractivity contribution in [3.8, 4) is 0 Å². The standard InChI is InChI=1S/C12H14BrNO5S/c1-8(5-12(15)19-2)20(18)7-9-3-4-10(13)6-11(9)14(16)17/h3-4,6,8H,5,7H2,1-2H3. The van der Waals surface area contributed by atoms with Crippen LogP contribution in [0, 0.1) is 10.1 Å². The van der Waals surface area contributed by atoms with Crippen LogP contribution in [-0.2, 0) is 26.1 Å². The average Bonchev–Trinajstić information content (AvgIpc) is 2.40. The van der Waals surface area contributed by atoms with Crippen molar-refractivity contribution in [2.24, 2.45) is 0 Å². The van der Waals surface area contributed by atoms with E-state index in [0.29, 0.717) is 10.0 Å². The number of carbonyl (C=O) groups excluding carboxylic acids is 1. The number of nitro groups is 1. The SMILES string of the molecule is COC(=O)CC(C)S(=O)Cc1ccc(Br)cc1[N+](=O)[O-]. The summed E-state index contributed by atoms with van der Waals surface area (Å²) < 4.78 is 17.2. The van der Waals surface area contributed by atoms with Crippen LogP contribution in [0.25, 0.3) is 0 Å². The summed E-state index contributed by atoms with van der Waals surface area (Å²) in [5, 5.41) is 10.5. The monoisotopic (exact) mass is 363 g/mol. The zero-order valence-corrected chi connectivity index (χ0v) is 13.4. The molecule has 2 unspecified atom stereocenters. The Balaban J connectivity index is 2.85. The Morgan fingerprint density at radius 3 is 2.75 bits per heavy atom. The third kappa shape index (κ3) is 4.68. The molecule has 0 fully saturated rings. The van der Waals surface area contributed by atoms with Crippen molar-refractivity contribution in [3.63, 3.8) is 0 Å². The van der Waals surface area contributed by atoms with Crippen LogP contribution in [0.5, 0.6) is 0 Å². The van der Waals surface area contributed by atoms with E-state index in [2.05, 4.69) is 20.7 Å². The number of hydrogen-bond donors (Lipinski definition) is 0. The minimum Gasteiger partial charge on any atom is -0.469 e. The van der Waals surface area contributed by atoms with E-state index in [0.717, 1.165) is 0 Å². The van der Waals surface area contributed by atoms with Crippen LogP contribution in [0.15, 0.2) is 22.7 Å². The highest BCUT2D eigenvalue weighted by Gasteiger charge is 2.21. The quantitative estimate of drug-likeness (QED) is 0.440. The van der Waals surface area contributed by atoms with Crippen LogP contribution in [0.3, 0.4) is 0 Å². The van der Waals surface area contributed by atoms with Gasteiger partial charge in [-0.25, -0.2) is 0 Å². The van der Waals surface area contributed by atoms with Gasteiger partial charge in [0.2, 0.25) is 0 Å². The third-order valence-corrected chi connectivity index (χ3v) is 4.83. The summed E-state index contributed by atoms with van der Waals surface area (Å²) in [6, 6.07) is 4.59. The molecule has 1 aromatic carbocycles. The molecule has 8 heteroatoms. The molecule has 0 spiro atoms. The highest BCUT2D eigenvalue weighted by molar-refractivity contribution is 9.10. The number of rotatable bonds is 6. The first kappa shape index (κ1) is 16.8. The Morgan fingerprint density at radius 1 is 1.55 bits per heavy atom. The van der Waals surface area contributed by atoms with Crippen molar-refractivity contribution >= 4 is 38.4 Å². The predicted octanol–water partition coefficient (Wildman–Crippen LogP) is 2.56. The minimum absolute atomic E-state index is 0.0213. The number of hydrogen-bond acceptors (Lipinski definition) is 5. The van der Waals surface area contributed by atoms with Crippen LogP contribution in [0.1, 0.15) is 18.9 Å². The van der Waals surface area contributed by atoms with Crippen molar-refractivity contribution in [1.82, 2.24) is 0 Å². The van der Waals surface area contributed by atoms with Gasteiger partial charge in [-0.1, -0.05) is 28.9 Å². The summed E-state index contributed by atoms with van der Waals surface area (Å²) in [6.45, 7) is 1.65. The van der Waals surface area contributed by atoms with E-state index < -0.39 is 26.9 Å². The maximum absolute atomic E-state index is 12.1. The fourth-order valence-electron chi connectivity index (χ4n) is 1.54. The van der Waals surface area contributed by atoms with Crippen LogP contribution >= 0.6 is 15.9 Å². The smallest absolute Gasteiger partial charge is 0.306 e. The molecule has 0 aromatic heterocycles. The molecule has 6 nitrogen and oxygen atoms in total. The van der Waals surface area contributed by atoms with E-state index in [-0.39, 0.29) is 17.9 Å². The summed E-state index contributed by atoms with van der Waals surface area (Å²) in [4.78, 5) is 21.6. The fourth-order valence-corrected chi connectivity index (χ4v) is 3.04. The second-order valence-corrected chi connectivity index (χ2v) is 6.92. The van der Waals surface area contributed by atoms with Crippen molar-refractivity contribution in [1.29, 1.82) is 0 Å². The Hall–Kier alpha value is -1.28. The first-order valence-electron chi connectivity index (χ1n) is 5.72. The highest BCUT2D eigenvalue weighted by Crippen LogP contribution is 2.25. The molecule has 0 aliphatic rings. The van der Waals surface area contributed by atoms with Gasteiger partial charge in [0.25, 0.3) is 5.69 Å². The molecule has 1 rings (SSSR count). The maximum Gasteiger partial charge on any atom is 0.306 e. The first-order valence-corrected chi connectivity index (χ1v) is 7.89. The van der Waals surface area contributed by atoms with Gasteiger partial charge >= 0.3 is 5.97 Å². The van der Waals surface area contributed by atoms with Gasteiger partial charge in [0.05, 0.1) is 24.2 Å². The molecule has 0 bridgehead atoms. The third-order valence-electron chi connectivity index (χ3n) is 2.67. The molecule has 0 saturated carbocycles. The van der Waals surface area contributed by atoms with Crippen molar-refractivity contribution in [2.75, 3.05) is 7.11 Å². The molecule has 0 radical (unpaired) electrons. The van der Waals surface area contributed by atoms with Crippen LogP contribution in [0.4, 0.5) is 5.69 Å². The van der Waals surface area contributed by atoms with E-state index >= 15 is 0 Å². The number of nitrogens with zero attached hydrogens (tertiary/aromatic N) is 1. The van der Waals surface area contributed by atoms with Gasteiger partial charge < -0.3 is 4.74 Å². The largest absolute Gasteiger partial charge is 0.469 e. The summed E-state index contributed by atoms with van der Waals surface area (Å²) in [6.07, 6.45) is 0.0213. The zero-order chi connectivity index (χ0) is 15.3. The number of nitro benzene ring substituents is 1. The number of esters is 1. The molecular formula is C12H14BrNO5S. The van der Waals surface area contributed by atoms with E-state index in [9.17, 15) is 19.1 Å². The summed E-state index contributed by atoms with van der Waals surface area (Å²) in [5.74, 6) is -0.418. The van der Waals surface area contributed by atoms with E-state index in [4.69, 9.17) is 0 Å². The maximum atomic E-state index is 12.1. The molecule has 2 atom stereocenters. The minimum atomic E-state index is -1.39. The molecule has 0 N–H and O–H groups in total. The zero-order valence-electron chi connectivity index (χ0n) is 11.0. The molecule has 0 amide bonds. The van der Waals surface area contributed by atoms with Gasteiger partial charge in [-0.3, -0.25) is 19.1 Å². The van der Waals surface area contributed by atoms with Gasteiger partial charge in [0, 0.05) is 32.2 Å². The molecule has 0 aliphatic carbocycles. The topological polar surface area (TPSA) is 86.5 Å². The second-order valence-electron chi connectivity index (χ2n) is 4.15. The highest BCUT2D eigenvalue weighted by atomic mass is 79.9. The number of carbonyl (C=O) groups is 1. The lowest BCUT2D eigenvalue weighted by Gasteiger charge is -2.10. The molecule has 20 heavy (non-hydrogen) atoms. The lowest BCUT2D eigenvalue weighted by Crippen LogP contribution is -2.18. The number of ether oxygens (including phenoxy) is 1. The Morgan fingerprint density at radius 2 is 2.20 bits per heavy atom. The molecule has 0 heterocycles. The van der Waals surface area contributed by atoms with Gasteiger partial charge in [-0.15, -0.1) is 0 Å². The van der Waals surface area contributed by atoms with Crippen LogP contribution in [0.2, 0.25) is 0 Å². The van der Waals surface area contributed by atoms with Crippen molar-refractivity contribution < 1.29 is 18.7 Å². The van der Waals surface area contributed by atoms with Crippen molar-refractivity contribution in [3.05, 3.63) is 38.3 Å². The molecule has 1 aromatic rings. The molecule has 0 aliphatic heterocycles. The Bertz CT molecular complexity index is 549. The van der Waals surface area contributed by atoms with Crippen LogP contribution in [-0.4, -0.2) is 27.5 Å². The summed E-state index contributed by atoms with van der Waals surface area (Å²) in [5.41, 5.74) is 0.297. The van der Waals surface area contributed by atoms with E-state index in [1.54, 1.807) is 19.1 Å². The average molecular weight is 364 g/mol. The van der Waals surface area contributed by atoms with Gasteiger partial charge in [-0.2, -0.15) is 0 Å². The van der Waals surface area contributed by atoms with E-state index in [1.807, 2.05) is 0 Å². The normalized spacial score (nSPS) is 13.6.